The maximum Gasteiger partial charge on any atom is 0.267 e. The second-order valence-electron chi connectivity index (χ2n) is 7.00. The molecule has 3 aromatic rings. The Morgan fingerprint density at radius 2 is 1.79 bits per heavy atom. The number of amidine groups is 1. The van der Waals surface area contributed by atoms with Crippen LogP contribution in [0.15, 0.2) is 75.2 Å². The molecule has 0 bridgehead atoms. The summed E-state index contributed by atoms with van der Waals surface area (Å²) in [5.74, 6) is 1.65. The van der Waals surface area contributed by atoms with Crippen molar-refractivity contribution >= 4 is 46.2 Å². The number of hydrogen-bond acceptors (Lipinski definition) is 6. The van der Waals surface area contributed by atoms with E-state index in [1.807, 2.05) is 50.2 Å². The minimum atomic E-state index is -0.172. The smallest absolute Gasteiger partial charge is 0.267 e. The minimum absolute atomic E-state index is 0.172. The molecule has 4 rings (SSSR count). The molecule has 0 atom stereocenters. The molecule has 0 spiro atoms. The molecule has 1 aliphatic heterocycles. The molecule has 1 aromatic heterocycles. The van der Waals surface area contributed by atoms with Crippen LogP contribution >= 0.6 is 23.4 Å². The number of carbonyl (C=O) groups is 1. The molecule has 0 aliphatic carbocycles. The molecule has 8 heteroatoms. The van der Waals surface area contributed by atoms with Crippen molar-refractivity contribution < 1.29 is 18.7 Å². The van der Waals surface area contributed by atoms with Crippen LogP contribution in [0.3, 0.4) is 0 Å². The summed E-state index contributed by atoms with van der Waals surface area (Å²) in [5.41, 5.74) is 1.43. The van der Waals surface area contributed by atoms with Crippen molar-refractivity contribution in [3.8, 4) is 11.5 Å². The van der Waals surface area contributed by atoms with Crippen LogP contribution < -0.4 is 9.47 Å². The first kappa shape index (κ1) is 23.0. The van der Waals surface area contributed by atoms with Crippen LogP contribution in [-0.4, -0.2) is 29.2 Å². The highest BCUT2D eigenvalue weighted by molar-refractivity contribution is 8.18. The van der Waals surface area contributed by atoms with Gasteiger partial charge in [-0.3, -0.25) is 9.69 Å². The minimum Gasteiger partial charge on any atom is -0.490 e. The number of hydrogen-bond donors (Lipinski definition) is 0. The van der Waals surface area contributed by atoms with Gasteiger partial charge in [0, 0.05) is 6.07 Å². The third-order valence-corrected chi connectivity index (χ3v) is 6.05. The molecule has 170 valence electrons. The highest BCUT2D eigenvalue weighted by atomic mass is 35.5. The lowest BCUT2D eigenvalue weighted by molar-refractivity contribution is -0.122. The van der Waals surface area contributed by atoms with Crippen molar-refractivity contribution in [3.63, 3.8) is 0 Å². The molecule has 0 saturated carbocycles. The number of nitrogens with zero attached hydrogens (tertiary/aromatic N) is 2. The predicted molar refractivity (Wildman–Crippen MR) is 132 cm³/mol. The van der Waals surface area contributed by atoms with E-state index in [0.29, 0.717) is 51.1 Å². The first-order valence-electron chi connectivity index (χ1n) is 10.6. The number of rotatable bonds is 8. The third-order valence-electron chi connectivity index (χ3n) is 4.71. The summed E-state index contributed by atoms with van der Waals surface area (Å²) in [6.45, 7) is 5.05. The number of thioether (sulfide) groups is 1. The lowest BCUT2D eigenvalue weighted by Crippen LogP contribution is -2.28. The summed E-state index contributed by atoms with van der Waals surface area (Å²) in [5, 5.41) is 1.04. The number of aliphatic imine (C=N–C) groups is 1. The summed E-state index contributed by atoms with van der Waals surface area (Å²) in [6, 6.07) is 16.7. The second-order valence-corrected chi connectivity index (χ2v) is 8.41. The zero-order valence-corrected chi connectivity index (χ0v) is 19.9. The molecule has 1 saturated heterocycles. The predicted octanol–water partition coefficient (Wildman–Crippen LogP) is 6.53. The average molecular weight is 483 g/mol. The van der Waals surface area contributed by atoms with E-state index in [9.17, 15) is 4.79 Å². The fourth-order valence-electron chi connectivity index (χ4n) is 3.24. The lowest BCUT2D eigenvalue weighted by Gasteiger charge is -2.14. The van der Waals surface area contributed by atoms with Gasteiger partial charge in [0.1, 0.15) is 5.76 Å². The van der Waals surface area contributed by atoms with Gasteiger partial charge in [-0.15, -0.1) is 0 Å². The van der Waals surface area contributed by atoms with E-state index in [-0.39, 0.29) is 12.5 Å². The van der Waals surface area contributed by atoms with Gasteiger partial charge in [-0.1, -0.05) is 29.8 Å². The molecular weight excluding hydrogens is 460 g/mol. The summed E-state index contributed by atoms with van der Waals surface area (Å²) in [7, 11) is 0. The number of ether oxygens (including phenoxy) is 2. The number of furan rings is 1. The molecule has 1 amide bonds. The number of halogens is 1. The summed E-state index contributed by atoms with van der Waals surface area (Å²) in [4.78, 5) is 20.1. The van der Waals surface area contributed by atoms with Crippen molar-refractivity contribution in [1.29, 1.82) is 0 Å². The zero-order valence-electron chi connectivity index (χ0n) is 18.3. The number of carbonyl (C=O) groups excluding carboxylic acids is 1. The first-order valence-corrected chi connectivity index (χ1v) is 11.7. The van der Waals surface area contributed by atoms with Crippen molar-refractivity contribution in [2.45, 2.75) is 20.4 Å². The quantitative estimate of drug-likeness (QED) is 0.341. The van der Waals surface area contributed by atoms with Gasteiger partial charge in [0.2, 0.25) is 0 Å². The molecule has 2 aromatic carbocycles. The van der Waals surface area contributed by atoms with Gasteiger partial charge in [-0.2, -0.15) is 0 Å². The molecule has 0 radical (unpaired) electrons. The van der Waals surface area contributed by atoms with Gasteiger partial charge < -0.3 is 13.9 Å². The van der Waals surface area contributed by atoms with E-state index in [4.69, 9.17) is 30.5 Å². The van der Waals surface area contributed by atoms with E-state index in [1.54, 1.807) is 35.4 Å². The van der Waals surface area contributed by atoms with Gasteiger partial charge in [0.05, 0.1) is 41.6 Å². The van der Waals surface area contributed by atoms with Gasteiger partial charge in [-0.05, 0) is 67.6 Å². The Labute approximate surface area is 201 Å². The second kappa shape index (κ2) is 10.6. The van der Waals surface area contributed by atoms with Crippen molar-refractivity contribution in [3.05, 3.63) is 82.1 Å². The summed E-state index contributed by atoms with van der Waals surface area (Å²) in [6.07, 6.45) is 3.35. The number of amides is 1. The Balaban J connectivity index is 1.71. The van der Waals surface area contributed by atoms with Gasteiger partial charge in [0.15, 0.2) is 16.7 Å². The highest BCUT2D eigenvalue weighted by Crippen LogP contribution is 2.39. The van der Waals surface area contributed by atoms with E-state index in [0.717, 1.165) is 5.69 Å². The molecule has 1 aliphatic rings. The standard InChI is InChI=1S/C25H23ClN2O4S/c1-3-30-21-13-17(20(26)15-22(21)31-4-2)14-23-24(29)28(16-19-11-8-12-32-19)25(33-23)27-18-9-6-5-7-10-18/h5-15H,3-4,16H2,1-2H3/b23-14-,27-25?. The van der Waals surface area contributed by atoms with Crippen LogP contribution in [-0.2, 0) is 11.3 Å². The van der Waals surface area contributed by atoms with Crippen molar-refractivity contribution in [1.82, 2.24) is 4.90 Å². The van der Waals surface area contributed by atoms with Crippen LogP contribution in [0.2, 0.25) is 5.02 Å². The zero-order chi connectivity index (χ0) is 23.2. The molecule has 33 heavy (non-hydrogen) atoms. The Kier molecular flexibility index (Phi) is 7.42. The van der Waals surface area contributed by atoms with E-state index in [1.165, 1.54) is 11.8 Å². The Morgan fingerprint density at radius 3 is 2.45 bits per heavy atom. The Morgan fingerprint density at radius 1 is 1.06 bits per heavy atom. The molecule has 0 N–H and O–H groups in total. The monoisotopic (exact) mass is 482 g/mol. The average Bonchev–Trinajstić information content (AvgIpc) is 3.42. The van der Waals surface area contributed by atoms with Gasteiger partial charge in [-0.25, -0.2) is 4.99 Å². The lowest BCUT2D eigenvalue weighted by atomic mass is 10.1. The number of benzene rings is 2. The normalized spacial score (nSPS) is 16.1. The van der Waals surface area contributed by atoms with E-state index < -0.39 is 0 Å². The Bertz CT molecular complexity index is 1180. The van der Waals surface area contributed by atoms with Crippen LogP contribution in [0.4, 0.5) is 5.69 Å². The van der Waals surface area contributed by atoms with Crippen LogP contribution in [0, 0.1) is 0 Å². The van der Waals surface area contributed by atoms with Crippen molar-refractivity contribution in [2.75, 3.05) is 13.2 Å². The fourth-order valence-corrected chi connectivity index (χ4v) is 4.44. The van der Waals surface area contributed by atoms with Gasteiger partial charge >= 0.3 is 0 Å². The molecular formula is C25H23ClN2O4S. The van der Waals surface area contributed by atoms with Crippen LogP contribution in [0.25, 0.3) is 6.08 Å². The summed E-state index contributed by atoms with van der Waals surface area (Å²) >= 11 is 7.82. The molecule has 2 heterocycles. The highest BCUT2D eigenvalue weighted by Gasteiger charge is 2.34. The van der Waals surface area contributed by atoms with Crippen LogP contribution in [0.5, 0.6) is 11.5 Å². The van der Waals surface area contributed by atoms with Gasteiger partial charge in [0.25, 0.3) is 5.91 Å². The molecule has 1 fully saturated rings. The third kappa shape index (κ3) is 5.43. The topological polar surface area (TPSA) is 64.3 Å². The molecule has 0 unspecified atom stereocenters. The fraction of sp³-hybridized carbons (Fsp3) is 0.200. The maximum absolute atomic E-state index is 13.3. The molecule has 6 nitrogen and oxygen atoms in total. The number of para-hydroxylation sites is 1. The van der Waals surface area contributed by atoms with E-state index >= 15 is 0 Å². The van der Waals surface area contributed by atoms with E-state index in [2.05, 4.69) is 0 Å². The SMILES string of the molecule is CCOc1cc(Cl)c(/C=C2\SC(=Nc3ccccc3)N(Cc3ccco3)C2=O)cc1OCC. The first-order chi connectivity index (χ1) is 16.1. The Hall–Kier alpha value is -3.16. The summed E-state index contributed by atoms with van der Waals surface area (Å²) < 4.78 is 16.8. The largest absolute Gasteiger partial charge is 0.490 e. The maximum atomic E-state index is 13.3. The van der Waals surface area contributed by atoms with Crippen molar-refractivity contribution in [2.24, 2.45) is 4.99 Å². The van der Waals surface area contributed by atoms with Crippen LogP contribution in [0.1, 0.15) is 25.2 Å².